The van der Waals surface area contributed by atoms with E-state index < -0.39 is 0 Å². The summed E-state index contributed by atoms with van der Waals surface area (Å²) in [5, 5.41) is 7.26. The summed E-state index contributed by atoms with van der Waals surface area (Å²) >= 11 is 0. The number of rotatable bonds is 5. The average Bonchev–Trinajstić information content (AvgIpc) is 3.21. The number of anilines is 1. The highest BCUT2D eigenvalue weighted by Crippen LogP contribution is 2.20. The molecule has 4 rings (SSSR count). The third-order valence-electron chi connectivity index (χ3n) is 3.61. The Balaban J connectivity index is 1.46. The van der Waals surface area contributed by atoms with Crippen LogP contribution in [0.25, 0.3) is 22.7 Å². The summed E-state index contributed by atoms with van der Waals surface area (Å²) in [5.41, 5.74) is 2.01. The molecule has 0 radical (unpaired) electrons. The highest BCUT2D eigenvalue weighted by molar-refractivity contribution is 5.81. The Morgan fingerprint density at radius 1 is 1.00 bits per heavy atom. The second-order valence-corrected chi connectivity index (χ2v) is 5.56. The van der Waals surface area contributed by atoms with E-state index in [4.69, 9.17) is 8.94 Å². The fourth-order valence-electron chi connectivity index (χ4n) is 2.50. The molecule has 0 unspecified atom stereocenters. The molecule has 25 heavy (non-hydrogen) atoms. The summed E-state index contributed by atoms with van der Waals surface area (Å²) in [4.78, 5) is 17.4. The van der Waals surface area contributed by atoms with Crippen molar-refractivity contribution in [3.8, 4) is 11.5 Å². The summed E-state index contributed by atoms with van der Waals surface area (Å²) in [6.45, 7) is 4.18. The van der Waals surface area contributed by atoms with Crippen molar-refractivity contribution < 1.29 is 8.94 Å². The Morgan fingerprint density at radius 3 is 2.68 bits per heavy atom. The van der Waals surface area contributed by atoms with E-state index in [1.807, 2.05) is 37.3 Å². The topological polar surface area (TPSA) is 103 Å². The minimum Gasteiger partial charge on any atom is -0.422 e. The van der Waals surface area contributed by atoms with Crippen LogP contribution in [0, 0.1) is 13.8 Å². The molecule has 0 aliphatic rings. The maximum Gasteiger partial charge on any atom is 0.257 e. The zero-order valence-electron chi connectivity index (χ0n) is 13.9. The Morgan fingerprint density at radius 2 is 1.84 bits per heavy atom. The number of hydrogen-bond acceptors (Lipinski definition) is 8. The van der Waals surface area contributed by atoms with Gasteiger partial charge < -0.3 is 14.3 Å². The Hall–Kier alpha value is -3.29. The molecule has 0 aliphatic carbocycles. The second kappa shape index (κ2) is 6.31. The molecule has 3 heterocycles. The van der Waals surface area contributed by atoms with Crippen molar-refractivity contribution in [2.24, 2.45) is 0 Å². The number of benzene rings is 1. The number of nitrogens with zero attached hydrogens (tertiary/aromatic N) is 5. The molecule has 1 N–H and O–H groups in total. The smallest absolute Gasteiger partial charge is 0.257 e. The predicted molar refractivity (Wildman–Crippen MR) is 91.0 cm³/mol. The summed E-state index contributed by atoms with van der Waals surface area (Å²) in [6, 6.07) is 9.68. The van der Waals surface area contributed by atoms with Crippen molar-refractivity contribution in [3.05, 3.63) is 47.9 Å². The third kappa shape index (κ3) is 3.18. The van der Waals surface area contributed by atoms with E-state index in [2.05, 4.69) is 30.4 Å². The maximum absolute atomic E-state index is 5.46. The molecular weight excluding hydrogens is 320 g/mol. The molecule has 4 aromatic rings. The second-order valence-electron chi connectivity index (χ2n) is 5.56. The minimum absolute atomic E-state index is 0.485. The van der Waals surface area contributed by atoms with Crippen molar-refractivity contribution in [1.82, 2.24) is 25.1 Å². The lowest BCUT2D eigenvalue weighted by Crippen LogP contribution is -2.09. The molecule has 0 bridgehead atoms. The zero-order chi connectivity index (χ0) is 17.2. The van der Waals surface area contributed by atoms with Crippen molar-refractivity contribution >= 4 is 17.0 Å². The van der Waals surface area contributed by atoms with E-state index in [0.29, 0.717) is 53.4 Å². The first-order chi connectivity index (χ1) is 12.2. The van der Waals surface area contributed by atoms with Crippen LogP contribution < -0.4 is 5.32 Å². The molecule has 0 spiro atoms. The van der Waals surface area contributed by atoms with Gasteiger partial charge in [0.2, 0.25) is 0 Å². The molecule has 1 aromatic carbocycles. The van der Waals surface area contributed by atoms with E-state index in [0.717, 1.165) is 5.56 Å². The van der Waals surface area contributed by atoms with Crippen molar-refractivity contribution in [1.29, 1.82) is 0 Å². The van der Waals surface area contributed by atoms with Gasteiger partial charge in [-0.1, -0.05) is 23.4 Å². The lowest BCUT2D eigenvalue weighted by atomic mass is 10.2. The molecule has 8 nitrogen and oxygen atoms in total. The lowest BCUT2D eigenvalue weighted by molar-refractivity contribution is 0.423. The monoisotopic (exact) mass is 336 g/mol. The average molecular weight is 336 g/mol. The van der Waals surface area contributed by atoms with Gasteiger partial charge in [-0.2, -0.15) is 9.97 Å². The van der Waals surface area contributed by atoms with Gasteiger partial charge >= 0.3 is 0 Å². The number of aryl methyl sites for hydroxylation is 2. The summed E-state index contributed by atoms with van der Waals surface area (Å²) < 4.78 is 10.8. The maximum atomic E-state index is 5.46. The lowest BCUT2D eigenvalue weighted by Gasteiger charge is -2.04. The van der Waals surface area contributed by atoms with Crippen LogP contribution >= 0.6 is 0 Å². The van der Waals surface area contributed by atoms with Crippen LogP contribution in [0.15, 0.2) is 39.3 Å². The molecule has 8 heteroatoms. The van der Waals surface area contributed by atoms with Gasteiger partial charge in [-0.3, -0.25) is 0 Å². The molecule has 0 aliphatic heterocycles. The summed E-state index contributed by atoms with van der Waals surface area (Å²) in [6.07, 6.45) is 0.595. The number of oxazole rings is 1. The number of hydrogen-bond donors (Lipinski definition) is 1. The quantitative estimate of drug-likeness (QED) is 0.593. The van der Waals surface area contributed by atoms with Crippen LogP contribution in [0.2, 0.25) is 0 Å². The summed E-state index contributed by atoms with van der Waals surface area (Å²) in [7, 11) is 0. The van der Waals surface area contributed by atoms with E-state index >= 15 is 0 Å². The molecule has 3 aromatic heterocycles. The van der Waals surface area contributed by atoms with Crippen LogP contribution in [0.3, 0.4) is 0 Å². The first-order valence-electron chi connectivity index (χ1n) is 7.93. The van der Waals surface area contributed by atoms with Crippen LogP contribution in [0.4, 0.5) is 5.82 Å². The zero-order valence-corrected chi connectivity index (χ0v) is 13.9. The molecular formula is C17H16N6O2. The largest absolute Gasteiger partial charge is 0.422 e. The molecule has 0 fully saturated rings. The van der Waals surface area contributed by atoms with Crippen LogP contribution in [0.1, 0.15) is 17.5 Å². The fourth-order valence-corrected chi connectivity index (χ4v) is 2.50. The molecule has 0 saturated carbocycles. The highest BCUT2D eigenvalue weighted by atomic mass is 16.5. The first kappa shape index (κ1) is 15.3. The normalized spacial score (nSPS) is 11.1. The highest BCUT2D eigenvalue weighted by Gasteiger charge is 2.13. The van der Waals surface area contributed by atoms with Crippen molar-refractivity contribution in [2.45, 2.75) is 20.3 Å². The van der Waals surface area contributed by atoms with Gasteiger partial charge in [-0.05, 0) is 19.1 Å². The van der Waals surface area contributed by atoms with Crippen molar-refractivity contribution in [3.63, 3.8) is 0 Å². The fraction of sp³-hybridized carbons (Fsp3) is 0.235. The number of nitrogens with one attached hydrogen (secondary N) is 1. The van der Waals surface area contributed by atoms with E-state index in [1.54, 1.807) is 6.92 Å². The SMILES string of the molecule is Cc1nc(NCCc2noc(-c3ccccc3)n2)c2nc(C)oc2n1. The van der Waals surface area contributed by atoms with Crippen molar-refractivity contribution in [2.75, 3.05) is 11.9 Å². The number of aromatic nitrogens is 5. The van der Waals surface area contributed by atoms with Gasteiger partial charge in [0, 0.05) is 25.5 Å². The minimum atomic E-state index is 0.485. The van der Waals surface area contributed by atoms with Crippen LogP contribution in [-0.2, 0) is 6.42 Å². The molecule has 0 atom stereocenters. The van der Waals surface area contributed by atoms with Gasteiger partial charge in [0.1, 0.15) is 5.82 Å². The predicted octanol–water partition coefficient (Wildman–Crippen LogP) is 2.94. The third-order valence-corrected chi connectivity index (χ3v) is 3.61. The number of fused-ring (bicyclic) bond motifs is 1. The molecule has 126 valence electrons. The van der Waals surface area contributed by atoms with E-state index in [9.17, 15) is 0 Å². The van der Waals surface area contributed by atoms with Crippen LogP contribution in [0.5, 0.6) is 0 Å². The van der Waals surface area contributed by atoms with Gasteiger partial charge in [-0.15, -0.1) is 0 Å². The summed E-state index contributed by atoms with van der Waals surface area (Å²) in [5.74, 6) is 2.97. The van der Waals surface area contributed by atoms with E-state index in [1.165, 1.54) is 0 Å². The first-order valence-corrected chi connectivity index (χ1v) is 7.93. The standard InChI is InChI=1S/C17H16N6O2/c1-10-19-15(14-17(20-10)24-11(2)21-14)18-9-8-13-22-16(25-23-13)12-6-4-3-5-7-12/h3-7H,8-9H2,1-2H3,(H,18,19,20). The molecule has 0 amide bonds. The van der Waals surface area contributed by atoms with Gasteiger partial charge in [-0.25, -0.2) is 9.97 Å². The Kier molecular flexibility index (Phi) is 3.85. The van der Waals surface area contributed by atoms with Gasteiger partial charge in [0.15, 0.2) is 23.0 Å². The van der Waals surface area contributed by atoms with Gasteiger partial charge in [0.05, 0.1) is 0 Å². The van der Waals surface area contributed by atoms with Crippen LogP contribution in [-0.4, -0.2) is 31.6 Å². The Labute approximate surface area is 143 Å². The van der Waals surface area contributed by atoms with Gasteiger partial charge in [0.25, 0.3) is 11.6 Å². The van der Waals surface area contributed by atoms with E-state index in [-0.39, 0.29) is 0 Å². The molecule has 0 saturated heterocycles. The Bertz CT molecular complexity index is 1010.